The molecule has 9 heteroatoms. The van der Waals surface area contributed by atoms with Crippen molar-refractivity contribution in [1.82, 2.24) is 0 Å². The van der Waals surface area contributed by atoms with Crippen molar-refractivity contribution in [3.05, 3.63) is 29.8 Å². The van der Waals surface area contributed by atoms with E-state index in [2.05, 4.69) is 10.7 Å². The zero-order valence-electron chi connectivity index (χ0n) is 11.9. The molecule has 0 fully saturated rings. The van der Waals surface area contributed by atoms with Crippen LogP contribution in [0.25, 0.3) is 0 Å². The van der Waals surface area contributed by atoms with E-state index in [1.54, 1.807) is 0 Å². The Morgan fingerprint density at radius 2 is 1.95 bits per heavy atom. The first-order chi connectivity index (χ1) is 10.4. The second-order valence-corrected chi connectivity index (χ2v) is 7.04. The summed E-state index contributed by atoms with van der Waals surface area (Å²) in [5.41, 5.74) is 0.267. The molecule has 1 rings (SSSR count). The number of rotatable bonds is 9. The number of aliphatic hydroxyl groups is 2. The summed E-state index contributed by atoms with van der Waals surface area (Å²) in [7, 11) is -3.88. The van der Waals surface area contributed by atoms with Crippen molar-refractivity contribution in [2.24, 2.45) is 5.90 Å². The van der Waals surface area contributed by atoms with E-state index in [4.69, 9.17) is 9.84 Å². The molecule has 1 aromatic rings. The minimum atomic E-state index is -3.88. The van der Waals surface area contributed by atoms with E-state index in [9.17, 15) is 19.4 Å². The molecule has 0 amide bonds. The molecule has 0 aliphatic rings. The fourth-order valence-electron chi connectivity index (χ4n) is 1.76. The van der Waals surface area contributed by atoms with Gasteiger partial charge in [0.15, 0.2) is 5.85 Å². The van der Waals surface area contributed by atoms with Gasteiger partial charge in [0.1, 0.15) is 12.4 Å². The molecule has 8 nitrogen and oxygen atoms in total. The van der Waals surface area contributed by atoms with Crippen molar-refractivity contribution in [3.8, 4) is 5.75 Å². The lowest BCUT2D eigenvalue weighted by Gasteiger charge is -2.18. The molecule has 0 heterocycles. The second-order valence-electron chi connectivity index (χ2n) is 4.59. The Kier molecular flexibility index (Phi) is 7.50. The molecule has 0 aromatic heterocycles. The van der Waals surface area contributed by atoms with E-state index in [1.165, 1.54) is 24.3 Å². The quantitative estimate of drug-likeness (QED) is 0.379. The lowest BCUT2D eigenvalue weighted by molar-refractivity contribution is -0.144. The maximum atomic E-state index is 12.1. The standard InChI is InChI=1S/C13H20NO7P/c14-21-12(16)2-1-9-22(18,19)13(17)10-3-5-11(6-4-10)20-8-7-15/h3-6,13,15,17H,1-2,7-9,14H2,(H,18,19)/t13-/m0/s1. The molecule has 0 aliphatic carbocycles. The number of benzene rings is 1. The van der Waals surface area contributed by atoms with Gasteiger partial charge in [0.25, 0.3) is 0 Å². The topological polar surface area (TPSA) is 139 Å². The molecule has 1 aromatic carbocycles. The average Bonchev–Trinajstić information content (AvgIpc) is 2.52. The van der Waals surface area contributed by atoms with Crippen LogP contribution in [0, 0.1) is 0 Å². The molecule has 2 atom stereocenters. The molecule has 1 unspecified atom stereocenters. The maximum absolute atomic E-state index is 12.1. The Labute approximate surface area is 127 Å². The minimum absolute atomic E-state index is 0.0819. The predicted molar refractivity (Wildman–Crippen MR) is 78.2 cm³/mol. The number of carbonyl (C=O) groups excluding carboxylic acids is 1. The molecule has 124 valence electrons. The summed E-state index contributed by atoms with van der Waals surface area (Å²) in [5.74, 6) is 2.91. The highest BCUT2D eigenvalue weighted by atomic mass is 31.2. The van der Waals surface area contributed by atoms with Gasteiger partial charge in [0, 0.05) is 12.6 Å². The number of hydrogen-bond acceptors (Lipinski definition) is 7. The van der Waals surface area contributed by atoms with Crippen LogP contribution in [0.3, 0.4) is 0 Å². The summed E-state index contributed by atoms with van der Waals surface area (Å²) in [6.07, 6.45) is -0.244. The molecular formula is C13H20NO7P. The average molecular weight is 333 g/mol. The van der Waals surface area contributed by atoms with Crippen LogP contribution < -0.4 is 10.6 Å². The van der Waals surface area contributed by atoms with Gasteiger partial charge in [0.2, 0.25) is 7.37 Å². The smallest absolute Gasteiger partial charge is 0.324 e. The van der Waals surface area contributed by atoms with Gasteiger partial charge < -0.3 is 24.7 Å². The third-order valence-electron chi connectivity index (χ3n) is 2.91. The maximum Gasteiger partial charge on any atom is 0.324 e. The van der Waals surface area contributed by atoms with Gasteiger partial charge in [-0.2, -0.15) is 5.90 Å². The summed E-state index contributed by atoms with van der Waals surface area (Å²) < 4.78 is 17.3. The number of ether oxygens (including phenoxy) is 1. The lowest BCUT2D eigenvalue weighted by atomic mass is 10.2. The second kappa shape index (κ2) is 8.87. The van der Waals surface area contributed by atoms with Crippen LogP contribution in [-0.2, 0) is 14.2 Å². The van der Waals surface area contributed by atoms with Gasteiger partial charge in [-0.15, -0.1) is 0 Å². The third kappa shape index (κ3) is 5.75. The van der Waals surface area contributed by atoms with Crippen molar-refractivity contribution in [3.63, 3.8) is 0 Å². The minimum Gasteiger partial charge on any atom is -0.491 e. The van der Waals surface area contributed by atoms with Crippen LogP contribution in [0.2, 0.25) is 0 Å². The van der Waals surface area contributed by atoms with Crippen molar-refractivity contribution in [2.75, 3.05) is 19.4 Å². The van der Waals surface area contributed by atoms with E-state index in [-0.39, 0.29) is 37.8 Å². The van der Waals surface area contributed by atoms with Crippen LogP contribution in [0.15, 0.2) is 24.3 Å². The molecular weight excluding hydrogens is 313 g/mol. The monoisotopic (exact) mass is 333 g/mol. The Morgan fingerprint density at radius 3 is 2.50 bits per heavy atom. The summed E-state index contributed by atoms with van der Waals surface area (Å²) in [5, 5.41) is 18.6. The van der Waals surface area contributed by atoms with Gasteiger partial charge in [-0.05, 0) is 24.1 Å². The van der Waals surface area contributed by atoms with Crippen molar-refractivity contribution >= 4 is 13.3 Å². The summed E-state index contributed by atoms with van der Waals surface area (Å²) in [6, 6.07) is 5.99. The molecule has 22 heavy (non-hydrogen) atoms. The highest BCUT2D eigenvalue weighted by Gasteiger charge is 2.30. The highest BCUT2D eigenvalue weighted by Crippen LogP contribution is 2.54. The van der Waals surface area contributed by atoms with Gasteiger partial charge >= 0.3 is 5.97 Å². The van der Waals surface area contributed by atoms with E-state index in [1.807, 2.05) is 0 Å². The first-order valence-electron chi connectivity index (χ1n) is 6.63. The number of nitrogens with two attached hydrogens (primary N) is 1. The third-order valence-corrected chi connectivity index (χ3v) is 4.93. The SMILES string of the molecule is NOC(=O)CCCP(=O)(O)[C@H](O)c1ccc(OCCO)cc1. The van der Waals surface area contributed by atoms with Gasteiger partial charge in [0.05, 0.1) is 6.61 Å². The summed E-state index contributed by atoms with van der Waals surface area (Å²) >= 11 is 0. The zero-order valence-corrected chi connectivity index (χ0v) is 12.8. The molecule has 0 spiro atoms. The Hall–Kier alpha value is -1.44. The fourth-order valence-corrected chi connectivity index (χ4v) is 3.26. The Morgan fingerprint density at radius 1 is 1.32 bits per heavy atom. The van der Waals surface area contributed by atoms with Crippen LogP contribution in [0.1, 0.15) is 24.3 Å². The fraction of sp³-hybridized carbons (Fsp3) is 0.462. The van der Waals surface area contributed by atoms with E-state index >= 15 is 0 Å². The Balaban J connectivity index is 2.62. The lowest BCUT2D eigenvalue weighted by Crippen LogP contribution is -2.10. The first-order valence-corrected chi connectivity index (χ1v) is 8.55. The van der Waals surface area contributed by atoms with Crippen LogP contribution >= 0.6 is 7.37 Å². The molecule has 5 N–H and O–H groups in total. The van der Waals surface area contributed by atoms with Crippen LogP contribution in [0.4, 0.5) is 0 Å². The van der Waals surface area contributed by atoms with Crippen LogP contribution in [0.5, 0.6) is 5.75 Å². The van der Waals surface area contributed by atoms with Crippen LogP contribution in [-0.4, -0.2) is 40.5 Å². The van der Waals surface area contributed by atoms with Gasteiger partial charge in [-0.25, -0.2) is 0 Å². The highest BCUT2D eigenvalue weighted by molar-refractivity contribution is 7.58. The van der Waals surface area contributed by atoms with Gasteiger partial charge in [-0.3, -0.25) is 9.36 Å². The molecule has 0 saturated heterocycles. The normalized spacial score (nSPS) is 14.9. The molecule has 0 aliphatic heterocycles. The van der Waals surface area contributed by atoms with E-state index in [0.717, 1.165) is 0 Å². The largest absolute Gasteiger partial charge is 0.491 e. The summed E-state index contributed by atoms with van der Waals surface area (Å²) in [4.78, 5) is 24.7. The molecule has 0 saturated carbocycles. The van der Waals surface area contributed by atoms with Crippen molar-refractivity contribution in [2.45, 2.75) is 18.7 Å². The zero-order chi connectivity index (χ0) is 16.6. The number of aliphatic hydroxyl groups excluding tert-OH is 2. The van der Waals surface area contributed by atoms with Crippen molar-refractivity contribution in [1.29, 1.82) is 0 Å². The molecule has 0 bridgehead atoms. The van der Waals surface area contributed by atoms with E-state index in [0.29, 0.717) is 5.75 Å². The van der Waals surface area contributed by atoms with Crippen molar-refractivity contribution < 1.29 is 34.0 Å². The number of carbonyl (C=O) groups is 1. The Bertz CT molecular complexity index is 520. The summed E-state index contributed by atoms with van der Waals surface area (Å²) in [6.45, 7) is 0.0130. The first kappa shape index (κ1) is 18.6. The van der Waals surface area contributed by atoms with Gasteiger partial charge in [-0.1, -0.05) is 12.1 Å². The number of hydrogen-bond donors (Lipinski definition) is 4. The predicted octanol–water partition coefficient (Wildman–Crippen LogP) is 0.516. The van der Waals surface area contributed by atoms with E-state index < -0.39 is 19.2 Å². The molecule has 0 radical (unpaired) electrons.